The summed E-state index contributed by atoms with van der Waals surface area (Å²) in [5.74, 6) is 0.175. The maximum atomic E-state index is 13.4. The van der Waals surface area contributed by atoms with Gasteiger partial charge in [0, 0.05) is 35.6 Å². The van der Waals surface area contributed by atoms with Gasteiger partial charge < -0.3 is 9.30 Å². The number of piperidine rings is 1. The van der Waals surface area contributed by atoms with Crippen LogP contribution in [0.2, 0.25) is 5.02 Å². The van der Waals surface area contributed by atoms with Gasteiger partial charge in [-0.3, -0.25) is 4.79 Å². The van der Waals surface area contributed by atoms with Crippen molar-refractivity contribution in [2.24, 2.45) is 5.92 Å². The number of para-hydroxylation sites is 1. The minimum atomic E-state index is -4.29. The van der Waals surface area contributed by atoms with Crippen LogP contribution >= 0.6 is 11.6 Å². The summed E-state index contributed by atoms with van der Waals surface area (Å²) >= 11 is 6.26. The van der Waals surface area contributed by atoms with Crippen LogP contribution in [0.1, 0.15) is 47.8 Å². The van der Waals surface area contributed by atoms with Gasteiger partial charge in [0.25, 0.3) is 15.9 Å². The van der Waals surface area contributed by atoms with E-state index in [-0.39, 0.29) is 21.4 Å². The second-order valence-corrected chi connectivity index (χ2v) is 15.3. The van der Waals surface area contributed by atoms with Crippen LogP contribution in [0.4, 0.5) is 0 Å². The molecule has 0 bridgehead atoms. The number of nitrogens with one attached hydrogen (secondary N) is 1. The van der Waals surface area contributed by atoms with Crippen molar-refractivity contribution in [3.63, 3.8) is 0 Å². The molecule has 4 aromatic rings. The normalized spacial score (nSPS) is 16.2. The summed E-state index contributed by atoms with van der Waals surface area (Å²) in [4.78, 5) is 13.2. The third kappa shape index (κ3) is 6.81. The highest BCUT2D eigenvalue weighted by molar-refractivity contribution is 7.90. The Hall–Kier alpha value is -3.38. The fourth-order valence-corrected chi connectivity index (χ4v) is 8.25. The molecule has 1 fully saturated rings. The summed E-state index contributed by atoms with van der Waals surface area (Å²) in [5, 5.41) is 1.50. The Labute approximate surface area is 263 Å². The van der Waals surface area contributed by atoms with Gasteiger partial charge in [-0.05, 0) is 98.7 Å². The number of hydrogen-bond acceptors (Lipinski definition) is 6. The number of fused-ring (bicyclic) bond motifs is 1. The molecule has 0 saturated carbocycles. The van der Waals surface area contributed by atoms with E-state index in [1.807, 2.05) is 57.2 Å². The van der Waals surface area contributed by atoms with Crippen molar-refractivity contribution in [1.82, 2.24) is 13.6 Å². The third-order valence-corrected chi connectivity index (χ3v) is 11.7. The molecular formula is C32H36ClN3O6S2. The molecule has 1 aliphatic heterocycles. The van der Waals surface area contributed by atoms with Gasteiger partial charge in [-0.15, -0.1) is 0 Å². The zero-order valence-corrected chi connectivity index (χ0v) is 27.3. The number of rotatable bonds is 10. The fourth-order valence-electron chi connectivity index (χ4n) is 5.58. The number of carbonyl (C=O) groups is 1. The van der Waals surface area contributed by atoms with Crippen LogP contribution in [0, 0.1) is 19.8 Å². The molecule has 0 spiro atoms. The summed E-state index contributed by atoms with van der Waals surface area (Å²) in [6.07, 6.45) is 2.31. The third-order valence-electron chi connectivity index (χ3n) is 7.87. The van der Waals surface area contributed by atoms with E-state index in [1.165, 1.54) is 28.6 Å². The summed E-state index contributed by atoms with van der Waals surface area (Å²) in [7, 11) is -8.03. The van der Waals surface area contributed by atoms with Crippen LogP contribution in [-0.4, -0.2) is 51.3 Å². The molecule has 1 amide bonds. The average Bonchev–Trinajstić information content (AvgIpc) is 3.36. The Morgan fingerprint density at radius 3 is 2.32 bits per heavy atom. The molecule has 0 radical (unpaired) electrons. The van der Waals surface area contributed by atoms with Gasteiger partial charge in [0.05, 0.1) is 16.4 Å². The molecule has 5 rings (SSSR count). The monoisotopic (exact) mass is 657 g/mol. The van der Waals surface area contributed by atoms with Gasteiger partial charge in [0.15, 0.2) is 0 Å². The average molecular weight is 658 g/mol. The molecule has 234 valence electrons. The molecule has 44 heavy (non-hydrogen) atoms. The van der Waals surface area contributed by atoms with Crippen LogP contribution in [0.25, 0.3) is 10.9 Å². The summed E-state index contributed by atoms with van der Waals surface area (Å²) in [6, 6.07) is 17.8. The molecule has 1 saturated heterocycles. The number of halogens is 1. The number of sulfonamides is 2. The summed E-state index contributed by atoms with van der Waals surface area (Å²) in [5.41, 5.74) is 2.82. The largest absolute Gasteiger partial charge is 0.494 e. The number of aryl methyl sites for hydroxylation is 3. The second kappa shape index (κ2) is 12.9. The Bertz CT molecular complexity index is 1880. The van der Waals surface area contributed by atoms with Crippen LogP contribution < -0.4 is 9.46 Å². The summed E-state index contributed by atoms with van der Waals surface area (Å²) < 4.78 is 63.9. The van der Waals surface area contributed by atoms with E-state index < -0.39 is 26.0 Å². The number of nitrogens with zero attached hydrogens (tertiary/aromatic N) is 2. The van der Waals surface area contributed by atoms with Crippen LogP contribution in [0.5, 0.6) is 5.75 Å². The van der Waals surface area contributed by atoms with Crippen LogP contribution in [0.15, 0.2) is 76.5 Å². The van der Waals surface area contributed by atoms with E-state index in [0.29, 0.717) is 43.4 Å². The van der Waals surface area contributed by atoms with E-state index in [1.54, 1.807) is 10.6 Å². The molecule has 1 aliphatic rings. The fraction of sp³-hybridized carbons (Fsp3) is 0.344. The van der Waals surface area contributed by atoms with Crippen LogP contribution in [-0.2, 0) is 26.6 Å². The Morgan fingerprint density at radius 1 is 0.977 bits per heavy atom. The lowest BCUT2D eigenvalue weighted by molar-refractivity contribution is 0.0972. The molecule has 1 atom stereocenters. The predicted octanol–water partition coefficient (Wildman–Crippen LogP) is 5.92. The molecule has 0 aliphatic carbocycles. The zero-order valence-electron chi connectivity index (χ0n) is 24.9. The molecule has 0 unspecified atom stereocenters. The molecule has 9 nitrogen and oxygen atoms in total. The Morgan fingerprint density at radius 2 is 1.64 bits per heavy atom. The maximum Gasteiger partial charge on any atom is 0.281 e. The van der Waals surface area contributed by atoms with E-state index in [4.69, 9.17) is 16.3 Å². The number of amides is 1. The zero-order chi connectivity index (χ0) is 31.6. The van der Waals surface area contributed by atoms with Crippen molar-refractivity contribution in [3.05, 3.63) is 88.6 Å². The smallest absolute Gasteiger partial charge is 0.281 e. The van der Waals surface area contributed by atoms with Crippen molar-refractivity contribution in [2.75, 3.05) is 19.7 Å². The molecule has 3 aromatic carbocycles. The van der Waals surface area contributed by atoms with Gasteiger partial charge >= 0.3 is 0 Å². The Kier molecular flexibility index (Phi) is 9.41. The first-order chi connectivity index (χ1) is 20.9. The number of carbonyl (C=O) groups excluding carboxylic acids is 1. The van der Waals surface area contributed by atoms with E-state index in [9.17, 15) is 21.6 Å². The van der Waals surface area contributed by atoms with E-state index >= 15 is 0 Å². The molecule has 12 heteroatoms. The van der Waals surface area contributed by atoms with E-state index in [0.717, 1.165) is 34.9 Å². The topological polar surface area (TPSA) is 115 Å². The number of benzene rings is 3. The van der Waals surface area contributed by atoms with Gasteiger partial charge in [-0.25, -0.2) is 21.6 Å². The SMILES string of the molecule is Cc1cc(OCCCn2c(C(=O)NS(=O)(=O)c3ccc(S(=O)(=O)N4CCC[C@H](C)C4)cc3)cc3ccccc32)cc(C)c1Cl. The number of hydrogen-bond donors (Lipinski definition) is 1. The summed E-state index contributed by atoms with van der Waals surface area (Å²) in [6.45, 7) is 7.48. The van der Waals surface area contributed by atoms with E-state index in [2.05, 4.69) is 4.72 Å². The van der Waals surface area contributed by atoms with Gasteiger partial charge in [-0.1, -0.05) is 36.7 Å². The lowest BCUT2D eigenvalue weighted by Crippen LogP contribution is -2.39. The number of aromatic nitrogens is 1. The first-order valence-corrected chi connectivity index (χ1v) is 17.8. The highest BCUT2D eigenvalue weighted by Crippen LogP contribution is 2.27. The maximum absolute atomic E-state index is 13.4. The highest BCUT2D eigenvalue weighted by atomic mass is 35.5. The molecule has 2 heterocycles. The van der Waals surface area contributed by atoms with Crippen molar-refractivity contribution in [1.29, 1.82) is 0 Å². The standard InChI is InChI=1S/C32H36ClN3O6S2/c1-22-8-6-15-35(21-22)44(40,41)28-13-11-27(12-14-28)43(38,39)34-32(37)30-20-25-9-4-5-10-29(25)36(30)16-7-17-42-26-18-23(2)31(33)24(3)19-26/h4-5,9-14,18-20,22H,6-8,15-17,21H2,1-3H3,(H,34,37)/t22-/m0/s1. The lowest BCUT2D eigenvalue weighted by atomic mass is 10.0. The van der Waals surface area contributed by atoms with Crippen molar-refractivity contribution in [3.8, 4) is 5.75 Å². The minimum Gasteiger partial charge on any atom is -0.494 e. The molecule has 1 aromatic heterocycles. The predicted molar refractivity (Wildman–Crippen MR) is 171 cm³/mol. The lowest BCUT2D eigenvalue weighted by Gasteiger charge is -2.30. The highest BCUT2D eigenvalue weighted by Gasteiger charge is 2.29. The number of ether oxygens (including phenoxy) is 1. The van der Waals surface area contributed by atoms with Crippen molar-refractivity contribution >= 4 is 48.5 Å². The van der Waals surface area contributed by atoms with Gasteiger partial charge in [-0.2, -0.15) is 4.31 Å². The van der Waals surface area contributed by atoms with Crippen LogP contribution in [0.3, 0.4) is 0 Å². The van der Waals surface area contributed by atoms with Crippen molar-refractivity contribution in [2.45, 2.75) is 56.4 Å². The first kappa shape index (κ1) is 32.0. The quantitative estimate of drug-likeness (QED) is 0.212. The second-order valence-electron chi connectivity index (χ2n) is 11.3. The van der Waals surface area contributed by atoms with Crippen molar-refractivity contribution < 1.29 is 26.4 Å². The van der Waals surface area contributed by atoms with Gasteiger partial charge in [0.2, 0.25) is 10.0 Å². The Balaban J connectivity index is 1.30. The van der Waals surface area contributed by atoms with Gasteiger partial charge in [0.1, 0.15) is 11.4 Å². The molecule has 1 N–H and O–H groups in total. The molecular weight excluding hydrogens is 622 g/mol. The first-order valence-electron chi connectivity index (χ1n) is 14.5. The minimum absolute atomic E-state index is 0.0168.